The van der Waals surface area contributed by atoms with Crippen LogP contribution in [0.4, 0.5) is 0 Å². The lowest BCUT2D eigenvalue weighted by molar-refractivity contribution is -0.121. The third-order valence-electron chi connectivity index (χ3n) is 4.26. The zero-order valence-electron chi connectivity index (χ0n) is 15.3. The van der Waals surface area contributed by atoms with Gasteiger partial charge in [-0.05, 0) is 30.0 Å². The molecule has 7 nitrogen and oxygen atoms in total. The summed E-state index contributed by atoms with van der Waals surface area (Å²) in [4.78, 5) is 25.4. The molecule has 1 N–H and O–H groups in total. The van der Waals surface area contributed by atoms with Crippen molar-refractivity contribution in [3.8, 4) is 0 Å². The minimum absolute atomic E-state index is 0.0546. The normalized spacial score (nSPS) is 15.4. The van der Waals surface area contributed by atoms with Crippen LogP contribution in [0, 0.1) is 0 Å². The highest BCUT2D eigenvalue weighted by Gasteiger charge is 2.27. The third-order valence-corrected chi connectivity index (χ3v) is 8.63. The van der Waals surface area contributed by atoms with Crippen LogP contribution in [0.1, 0.15) is 33.8 Å². The summed E-state index contributed by atoms with van der Waals surface area (Å²) in [5.41, 5.74) is 0. The van der Waals surface area contributed by atoms with Crippen LogP contribution >= 0.6 is 22.7 Å². The van der Waals surface area contributed by atoms with Crippen LogP contribution in [0.15, 0.2) is 33.9 Å². The molecule has 2 aromatic rings. The highest BCUT2D eigenvalue weighted by molar-refractivity contribution is 7.91. The van der Waals surface area contributed by atoms with E-state index in [1.54, 1.807) is 18.2 Å². The van der Waals surface area contributed by atoms with Crippen molar-refractivity contribution >= 4 is 44.4 Å². The van der Waals surface area contributed by atoms with Crippen molar-refractivity contribution in [2.75, 3.05) is 26.3 Å². The van der Waals surface area contributed by atoms with Gasteiger partial charge in [0.2, 0.25) is 5.91 Å². The van der Waals surface area contributed by atoms with E-state index in [0.29, 0.717) is 44.0 Å². The molecule has 3 heterocycles. The van der Waals surface area contributed by atoms with Crippen LogP contribution in [0.25, 0.3) is 0 Å². The first-order valence-corrected chi connectivity index (χ1v) is 12.1. The van der Waals surface area contributed by atoms with Crippen LogP contribution in [-0.2, 0) is 26.1 Å². The van der Waals surface area contributed by atoms with Gasteiger partial charge in [0.05, 0.1) is 24.6 Å². The van der Waals surface area contributed by atoms with Crippen molar-refractivity contribution in [1.82, 2.24) is 9.62 Å². The largest absolute Gasteiger partial charge is 0.379 e. The molecule has 0 aromatic carbocycles. The number of rotatable bonds is 9. The molecule has 0 radical (unpaired) electrons. The molecule has 1 aliphatic heterocycles. The van der Waals surface area contributed by atoms with Gasteiger partial charge in [-0.1, -0.05) is 6.07 Å². The van der Waals surface area contributed by atoms with Crippen molar-refractivity contribution < 1.29 is 22.7 Å². The smallest absolute Gasteiger partial charge is 0.252 e. The molecule has 0 unspecified atom stereocenters. The minimum Gasteiger partial charge on any atom is -0.379 e. The molecular formula is C18H22N2O5S3. The third kappa shape index (κ3) is 5.48. The number of ether oxygens (including phenoxy) is 1. The Bertz CT molecular complexity index is 900. The predicted molar refractivity (Wildman–Crippen MR) is 108 cm³/mol. The number of sulfonamides is 1. The molecule has 10 heteroatoms. The number of hydrogen-bond acceptors (Lipinski definition) is 7. The molecular weight excluding hydrogens is 420 g/mol. The highest BCUT2D eigenvalue weighted by Crippen LogP contribution is 2.25. The van der Waals surface area contributed by atoms with Crippen LogP contribution in [-0.4, -0.2) is 50.7 Å². The molecule has 1 fully saturated rings. The zero-order valence-corrected chi connectivity index (χ0v) is 17.7. The molecule has 1 saturated heterocycles. The summed E-state index contributed by atoms with van der Waals surface area (Å²) in [5.74, 6) is -0.0935. The monoisotopic (exact) mass is 442 g/mol. The molecule has 0 atom stereocenters. The van der Waals surface area contributed by atoms with Gasteiger partial charge in [0.25, 0.3) is 10.0 Å². The molecule has 0 saturated carbocycles. The summed E-state index contributed by atoms with van der Waals surface area (Å²) in [6, 6.07) is 6.92. The summed E-state index contributed by atoms with van der Waals surface area (Å²) in [7, 11) is -3.50. The second-order valence-electron chi connectivity index (χ2n) is 6.27. The Labute approximate surface area is 172 Å². The van der Waals surface area contributed by atoms with E-state index in [1.807, 2.05) is 11.4 Å². The maximum absolute atomic E-state index is 12.6. The number of nitrogens with one attached hydrogen (secondary N) is 1. The first-order chi connectivity index (χ1) is 13.5. The van der Waals surface area contributed by atoms with E-state index in [1.165, 1.54) is 15.6 Å². The average molecular weight is 443 g/mol. The Hall–Kier alpha value is -1.59. The molecule has 0 bridgehead atoms. The number of thiophene rings is 2. The van der Waals surface area contributed by atoms with Crippen LogP contribution < -0.4 is 5.32 Å². The Balaban J connectivity index is 1.43. The first-order valence-electron chi connectivity index (χ1n) is 8.97. The fourth-order valence-electron chi connectivity index (χ4n) is 2.75. The number of carbonyl (C=O) groups is 2. The first kappa shape index (κ1) is 21.1. The van der Waals surface area contributed by atoms with Gasteiger partial charge >= 0.3 is 0 Å². The molecule has 152 valence electrons. The lowest BCUT2D eigenvalue weighted by Crippen LogP contribution is -2.40. The maximum atomic E-state index is 12.6. The average Bonchev–Trinajstić information content (AvgIpc) is 3.39. The minimum atomic E-state index is -3.50. The molecule has 0 aliphatic carbocycles. The van der Waals surface area contributed by atoms with E-state index in [4.69, 9.17) is 4.74 Å². The summed E-state index contributed by atoms with van der Waals surface area (Å²) < 4.78 is 32.1. The fraction of sp³-hybridized carbons (Fsp3) is 0.444. The van der Waals surface area contributed by atoms with E-state index < -0.39 is 10.0 Å². The summed E-state index contributed by atoms with van der Waals surface area (Å²) >= 11 is 2.57. The fourth-order valence-corrected chi connectivity index (χ4v) is 6.30. The van der Waals surface area contributed by atoms with E-state index >= 15 is 0 Å². The molecule has 1 amide bonds. The Kier molecular flexibility index (Phi) is 7.36. The Morgan fingerprint density at radius 2 is 1.93 bits per heavy atom. The standard InChI is InChI=1S/C18H22N2O5S3/c21-15(16-4-2-12-26-16)3-1-5-17(22)19-13-14-6-7-18(27-14)28(23,24)20-8-10-25-11-9-20/h2,4,6-7,12H,1,3,5,8-11,13H2,(H,19,22). The topological polar surface area (TPSA) is 92.8 Å². The number of hydrogen-bond donors (Lipinski definition) is 1. The van der Waals surface area contributed by atoms with Gasteiger partial charge in [-0.15, -0.1) is 22.7 Å². The second-order valence-corrected chi connectivity index (χ2v) is 10.5. The Morgan fingerprint density at radius 3 is 2.64 bits per heavy atom. The number of amides is 1. The van der Waals surface area contributed by atoms with Gasteiger partial charge in [0.15, 0.2) is 5.78 Å². The van der Waals surface area contributed by atoms with Crippen molar-refractivity contribution in [1.29, 1.82) is 0 Å². The van der Waals surface area contributed by atoms with E-state index in [2.05, 4.69) is 5.32 Å². The van der Waals surface area contributed by atoms with E-state index in [9.17, 15) is 18.0 Å². The van der Waals surface area contributed by atoms with E-state index in [-0.39, 0.29) is 28.9 Å². The van der Waals surface area contributed by atoms with Crippen LogP contribution in [0.3, 0.4) is 0 Å². The van der Waals surface area contributed by atoms with Gasteiger partial charge < -0.3 is 10.1 Å². The van der Waals surface area contributed by atoms with Crippen molar-refractivity contribution in [2.45, 2.75) is 30.0 Å². The molecule has 0 spiro atoms. The molecule has 2 aromatic heterocycles. The zero-order chi connectivity index (χ0) is 20.0. The van der Waals surface area contributed by atoms with Gasteiger partial charge in [0.1, 0.15) is 4.21 Å². The van der Waals surface area contributed by atoms with Crippen molar-refractivity contribution in [3.63, 3.8) is 0 Å². The second kappa shape index (κ2) is 9.75. The highest BCUT2D eigenvalue weighted by atomic mass is 32.2. The lowest BCUT2D eigenvalue weighted by Gasteiger charge is -2.25. The van der Waals surface area contributed by atoms with Gasteiger partial charge in [0, 0.05) is 30.8 Å². The van der Waals surface area contributed by atoms with E-state index in [0.717, 1.165) is 16.2 Å². The summed E-state index contributed by atoms with van der Waals surface area (Å²) in [6.45, 7) is 1.80. The van der Waals surface area contributed by atoms with Crippen molar-refractivity contribution in [3.05, 3.63) is 39.4 Å². The molecule has 28 heavy (non-hydrogen) atoms. The van der Waals surface area contributed by atoms with Crippen LogP contribution in [0.5, 0.6) is 0 Å². The number of ketones is 1. The van der Waals surface area contributed by atoms with Crippen molar-refractivity contribution in [2.24, 2.45) is 0 Å². The molecule has 3 rings (SSSR count). The lowest BCUT2D eigenvalue weighted by atomic mass is 10.1. The number of nitrogens with zero attached hydrogens (tertiary/aromatic N) is 1. The van der Waals surface area contributed by atoms with Gasteiger partial charge in [-0.3, -0.25) is 9.59 Å². The number of Topliss-reactive ketones (excluding diaryl/α,β-unsaturated/α-hetero) is 1. The summed E-state index contributed by atoms with van der Waals surface area (Å²) in [6.07, 6.45) is 1.10. The number of carbonyl (C=O) groups excluding carboxylic acids is 2. The van der Waals surface area contributed by atoms with Gasteiger partial charge in [-0.25, -0.2) is 8.42 Å². The maximum Gasteiger partial charge on any atom is 0.252 e. The van der Waals surface area contributed by atoms with Crippen LogP contribution in [0.2, 0.25) is 0 Å². The number of morpholine rings is 1. The summed E-state index contributed by atoms with van der Waals surface area (Å²) in [5, 5.41) is 4.64. The SMILES string of the molecule is O=C(CCCC(=O)c1cccs1)NCc1ccc(S(=O)(=O)N2CCOCC2)s1. The predicted octanol–water partition coefficient (Wildman–Crippen LogP) is 2.50. The van der Waals surface area contributed by atoms with Gasteiger partial charge in [-0.2, -0.15) is 4.31 Å². The quantitative estimate of drug-likeness (QED) is 0.603. The molecule has 1 aliphatic rings. The Morgan fingerprint density at radius 1 is 1.14 bits per heavy atom.